The Morgan fingerprint density at radius 3 is 2.68 bits per heavy atom. The number of rotatable bonds is 3. The van der Waals surface area contributed by atoms with Gasteiger partial charge in [-0.15, -0.1) is 0 Å². The molecule has 0 fully saturated rings. The predicted molar refractivity (Wildman–Crippen MR) is 72.7 cm³/mol. The second-order valence-corrected chi connectivity index (χ2v) is 4.17. The van der Waals surface area contributed by atoms with Crippen LogP contribution in [0.3, 0.4) is 0 Å². The molecule has 0 unspecified atom stereocenters. The summed E-state index contributed by atoms with van der Waals surface area (Å²) in [5.74, 6) is 0.645. The van der Waals surface area contributed by atoms with Crippen LogP contribution in [-0.2, 0) is 6.42 Å². The van der Waals surface area contributed by atoms with Gasteiger partial charge in [0.15, 0.2) is 0 Å². The summed E-state index contributed by atoms with van der Waals surface area (Å²) in [4.78, 5) is 0. The van der Waals surface area contributed by atoms with Crippen LogP contribution in [0.2, 0.25) is 0 Å². The van der Waals surface area contributed by atoms with E-state index in [0.717, 1.165) is 23.4 Å². The Bertz CT molecular complexity index is 669. The summed E-state index contributed by atoms with van der Waals surface area (Å²) in [6.07, 6.45) is 2.44. The number of anilines is 1. The summed E-state index contributed by atoms with van der Waals surface area (Å²) in [5.41, 5.74) is 9.60. The molecule has 0 atom stereocenters. The second-order valence-electron chi connectivity index (χ2n) is 4.17. The third kappa shape index (κ3) is 1.87. The summed E-state index contributed by atoms with van der Waals surface area (Å²) >= 11 is 0. The number of aromatic amines is 1. The number of H-pyrrole nitrogens is 1. The van der Waals surface area contributed by atoms with Crippen molar-refractivity contribution >= 4 is 5.82 Å². The molecular weight excluding hydrogens is 240 g/mol. The van der Waals surface area contributed by atoms with Crippen LogP contribution in [0, 0.1) is 0 Å². The highest BCUT2D eigenvalue weighted by Gasteiger charge is 2.18. The van der Waals surface area contributed by atoms with Crippen LogP contribution < -0.4 is 5.73 Å². The molecule has 0 spiro atoms. The van der Waals surface area contributed by atoms with Crippen LogP contribution in [0.25, 0.3) is 17.1 Å². The van der Waals surface area contributed by atoms with Crippen LogP contribution in [-0.4, -0.2) is 25.2 Å². The molecule has 3 aromatic rings. The van der Waals surface area contributed by atoms with Crippen molar-refractivity contribution in [3.63, 3.8) is 0 Å². The van der Waals surface area contributed by atoms with Crippen LogP contribution >= 0.6 is 0 Å². The lowest BCUT2D eigenvalue weighted by molar-refractivity contribution is 0.889. The lowest BCUT2D eigenvalue weighted by Gasteiger charge is -2.03. The number of para-hydroxylation sites is 1. The fourth-order valence-corrected chi connectivity index (χ4v) is 2.10. The molecule has 0 aliphatic rings. The first kappa shape index (κ1) is 11.5. The van der Waals surface area contributed by atoms with Crippen molar-refractivity contribution in [3.05, 3.63) is 42.1 Å². The molecule has 96 valence electrons. The van der Waals surface area contributed by atoms with Gasteiger partial charge in [0, 0.05) is 5.56 Å². The molecule has 3 rings (SSSR count). The third-order valence-corrected chi connectivity index (χ3v) is 3.04. The highest BCUT2D eigenvalue weighted by molar-refractivity contribution is 5.66. The number of aromatic nitrogens is 5. The van der Waals surface area contributed by atoms with Gasteiger partial charge >= 0.3 is 0 Å². The molecule has 0 saturated heterocycles. The van der Waals surface area contributed by atoms with Gasteiger partial charge in [-0.25, -0.2) is 4.68 Å². The molecule has 0 radical (unpaired) electrons. The molecule has 1 aromatic carbocycles. The van der Waals surface area contributed by atoms with Crippen molar-refractivity contribution in [2.24, 2.45) is 0 Å². The Hall–Kier alpha value is -2.63. The Balaban J connectivity index is 2.18. The number of benzene rings is 1. The summed E-state index contributed by atoms with van der Waals surface area (Å²) in [6.45, 7) is 2.05. The minimum atomic E-state index is 0.645. The van der Waals surface area contributed by atoms with E-state index in [9.17, 15) is 0 Å². The van der Waals surface area contributed by atoms with Crippen molar-refractivity contribution in [1.82, 2.24) is 25.2 Å². The van der Waals surface area contributed by atoms with Crippen molar-refractivity contribution in [3.8, 4) is 17.1 Å². The fraction of sp³-hybridized carbons (Fsp3) is 0.154. The van der Waals surface area contributed by atoms with Gasteiger partial charge in [-0.2, -0.15) is 20.5 Å². The Labute approximate surface area is 110 Å². The molecule has 2 heterocycles. The van der Waals surface area contributed by atoms with E-state index in [1.165, 1.54) is 0 Å². The lowest BCUT2D eigenvalue weighted by atomic mass is 10.1. The number of hydrogen-bond acceptors (Lipinski definition) is 4. The first-order valence-corrected chi connectivity index (χ1v) is 6.10. The van der Waals surface area contributed by atoms with E-state index >= 15 is 0 Å². The van der Waals surface area contributed by atoms with Crippen molar-refractivity contribution in [2.75, 3.05) is 5.73 Å². The molecule has 0 amide bonds. The summed E-state index contributed by atoms with van der Waals surface area (Å²) in [6, 6.07) is 9.81. The standard InChI is InChI=1S/C13H14N6/c1-2-10-12(11-8-15-18-16-11)17-19(13(10)14)9-6-4-3-5-7-9/h3-8H,2,14H2,1H3,(H,15,16,18). The van der Waals surface area contributed by atoms with E-state index < -0.39 is 0 Å². The minimum Gasteiger partial charge on any atom is -0.383 e. The van der Waals surface area contributed by atoms with Gasteiger partial charge in [0.1, 0.15) is 17.2 Å². The maximum absolute atomic E-state index is 6.19. The monoisotopic (exact) mass is 254 g/mol. The smallest absolute Gasteiger partial charge is 0.133 e. The first-order valence-electron chi connectivity index (χ1n) is 6.10. The summed E-state index contributed by atoms with van der Waals surface area (Å²) in [5, 5.41) is 15.1. The van der Waals surface area contributed by atoms with Gasteiger partial charge in [-0.1, -0.05) is 25.1 Å². The highest BCUT2D eigenvalue weighted by atomic mass is 15.4. The quantitative estimate of drug-likeness (QED) is 0.746. The molecular formula is C13H14N6. The molecule has 6 nitrogen and oxygen atoms in total. The lowest BCUT2D eigenvalue weighted by Crippen LogP contribution is -2.02. The van der Waals surface area contributed by atoms with Gasteiger partial charge in [0.25, 0.3) is 0 Å². The molecule has 2 aromatic heterocycles. The molecule has 0 aliphatic heterocycles. The SMILES string of the molecule is CCc1c(-c2cn[nH]n2)nn(-c2ccccc2)c1N. The normalized spacial score (nSPS) is 10.8. The number of nitrogens with zero attached hydrogens (tertiary/aromatic N) is 4. The topological polar surface area (TPSA) is 85.4 Å². The zero-order valence-electron chi connectivity index (χ0n) is 10.5. The van der Waals surface area contributed by atoms with Gasteiger partial charge < -0.3 is 5.73 Å². The van der Waals surface area contributed by atoms with E-state index in [-0.39, 0.29) is 0 Å². The van der Waals surface area contributed by atoms with E-state index in [1.807, 2.05) is 37.3 Å². The van der Waals surface area contributed by atoms with Gasteiger partial charge in [-0.05, 0) is 18.6 Å². The maximum atomic E-state index is 6.19. The predicted octanol–water partition coefficient (Wildman–Crippen LogP) is 1.80. The molecule has 3 N–H and O–H groups in total. The first-order chi connectivity index (χ1) is 9.31. The zero-order valence-corrected chi connectivity index (χ0v) is 10.5. The average molecular weight is 254 g/mol. The Morgan fingerprint density at radius 1 is 1.26 bits per heavy atom. The van der Waals surface area contributed by atoms with Crippen LogP contribution in [0.15, 0.2) is 36.5 Å². The molecule has 0 saturated carbocycles. The highest BCUT2D eigenvalue weighted by Crippen LogP contribution is 2.27. The number of nitrogen functional groups attached to an aromatic ring is 1. The number of nitrogens with two attached hydrogens (primary N) is 1. The van der Waals surface area contributed by atoms with E-state index in [2.05, 4.69) is 20.5 Å². The minimum absolute atomic E-state index is 0.645. The molecule has 6 heteroatoms. The molecule has 0 bridgehead atoms. The summed E-state index contributed by atoms with van der Waals surface area (Å²) < 4.78 is 1.74. The average Bonchev–Trinajstić information content (AvgIpc) is 3.07. The Morgan fingerprint density at radius 2 is 2.05 bits per heavy atom. The van der Waals surface area contributed by atoms with Crippen molar-refractivity contribution in [2.45, 2.75) is 13.3 Å². The second kappa shape index (κ2) is 4.56. The van der Waals surface area contributed by atoms with E-state index in [4.69, 9.17) is 5.73 Å². The third-order valence-electron chi connectivity index (χ3n) is 3.04. The van der Waals surface area contributed by atoms with Gasteiger partial charge in [-0.3, -0.25) is 0 Å². The van der Waals surface area contributed by atoms with Crippen molar-refractivity contribution < 1.29 is 0 Å². The number of hydrogen-bond donors (Lipinski definition) is 2. The molecule has 19 heavy (non-hydrogen) atoms. The largest absolute Gasteiger partial charge is 0.383 e. The van der Waals surface area contributed by atoms with Gasteiger partial charge in [0.2, 0.25) is 0 Å². The van der Waals surface area contributed by atoms with Crippen LogP contribution in [0.4, 0.5) is 5.82 Å². The fourth-order valence-electron chi connectivity index (χ4n) is 2.10. The maximum Gasteiger partial charge on any atom is 0.133 e. The summed E-state index contributed by atoms with van der Waals surface area (Å²) in [7, 11) is 0. The van der Waals surface area contributed by atoms with Crippen LogP contribution in [0.5, 0.6) is 0 Å². The molecule has 0 aliphatic carbocycles. The van der Waals surface area contributed by atoms with Crippen molar-refractivity contribution in [1.29, 1.82) is 0 Å². The Kier molecular flexibility index (Phi) is 2.75. The van der Waals surface area contributed by atoms with E-state index in [1.54, 1.807) is 10.9 Å². The van der Waals surface area contributed by atoms with Gasteiger partial charge in [0.05, 0.1) is 11.9 Å². The zero-order chi connectivity index (χ0) is 13.2. The number of nitrogens with one attached hydrogen (secondary N) is 1. The van der Waals surface area contributed by atoms with Crippen LogP contribution in [0.1, 0.15) is 12.5 Å². The van der Waals surface area contributed by atoms with E-state index in [0.29, 0.717) is 11.5 Å².